The van der Waals surface area contributed by atoms with Crippen molar-refractivity contribution < 1.29 is 98.6 Å². The van der Waals surface area contributed by atoms with E-state index in [1.54, 1.807) is 0 Å². The predicted molar refractivity (Wildman–Crippen MR) is 482 cm³/mol. The Morgan fingerprint density at radius 3 is 1.42 bits per heavy atom. The molecule has 0 aliphatic carbocycles. The number of nitrogens with zero attached hydrogens (tertiary/aromatic N) is 4. The van der Waals surface area contributed by atoms with Gasteiger partial charge in [-0.25, -0.2) is 0 Å². The van der Waals surface area contributed by atoms with Gasteiger partial charge in [0.2, 0.25) is 0 Å². The minimum atomic E-state index is -3.07. The van der Waals surface area contributed by atoms with Crippen LogP contribution in [-0.2, 0) is 116 Å². The van der Waals surface area contributed by atoms with Crippen LogP contribution in [0.25, 0.3) is 111 Å². The summed E-state index contributed by atoms with van der Waals surface area (Å²) in [6, 6.07) is 128. The van der Waals surface area contributed by atoms with Gasteiger partial charge in [0.15, 0.2) is 15.5 Å². The number of benzene rings is 14. The molecule has 8 nitrogen and oxygen atoms in total. The Hall–Kier alpha value is -9.22. The second kappa shape index (κ2) is 36.2. The van der Waals surface area contributed by atoms with E-state index >= 15 is 4.57 Å². The number of pyridine rings is 4. The maximum atomic E-state index is 15.1. The largest absolute Gasteiger partial charge is 0.332 e. The van der Waals surface area contributed by atoms with E-state index in [0.29, 0.717) is 0 Å². The van der Waals surface area contributed by atoms with Crippen LogP contribution in [0, 0.1) is 24.3 Å². The molecule has 4 aromatic heterocycles. The molecule has 1 fully saturated rings. The fourth-order valence-electron chi connectivity index (χ4n) is 16.5. The van der Waals surface area contributed by atoms with Crippen molar-refractivity contribution >= 4 is 137 Å². The maximum absolute atomic E-state index is 15.1. The fourth-order valence-corrected chi connectivity index (χ4v) is 28.6. The van der Waals surface area contributed by atoms with Gasteiger partial charge in [0, 0.05) is 132 Å². The molecule has 119 heavy (non-hydrogen) atoms. The fraction of sp³-hybridized carbons (Fsp3) is 0.0588. The first-order chi connectivity index (χ1) is 56.4. The monoisotopic (exact) mass is 2340 g/mol. The zero-order chi connectivity index (χ0) is 77.7. The van der Waals surface area contributed by atoms with Crippen molar-refractivity contribution in [2.45, 2.75) is 25.7 Å². The van der Waals surface area contributed by atoms with Gasteiger partial charge in [-0.15, -0.1) is 119 Å². The molecule has 22 rings (SSSR count). The molecule has 4 aliphatic heterocycles. The van der Waals surface area contributed by atoms with Crippen molar-refractivity contribution in [2.24, 2.45) is 0 Å². The third kappa shape index (κ3) is 15.7. The molecule has 590 valence electrons. The molecule has 0 bridgehead atoms. The first-order valence-corrected chi connectivity index (χ1v) is 45.8. The van der Waals surface area contributed by atoms with Crippen molar-refractivity contribution in [3.8, 4) is 67.3 Å². The number of hydrogen-bond donors (Lipinski definition) is 0. The maximum Gasteiger partial charge on any atom is 0.185 e. The van der Waals surface area contributed by atoms with Gasteiger partial charge in [-0.1, -0.05) is 302 Å². The SMILES string of the molecule is CC1(C)c2ccccc2P(=O)(c2cc[c-]c(-c3ccc4ccccc4n3)c2)c2ccccc21.O=P1(c2c[c-]c(-c3cc4ccccc4cn3)cc2)c2ccccc2-c2ccccc21.S=P1(c2c[c-]c(-c3nccc4ccccc34)cc2)c2ccccc2-c2ccccc21.[Ir].[Ir].[Ir].[Ir].[c-]1ccc(P2OCCCO2)cc1-c1nccc2ccccc12. The number of para-hydroxylation sites is 1. The molecule has 14 aromatic carbocycles. The van der Waals surface area contributed by atoms with Gasteiger partial charge >= 0.3 is 0 Å². The zero-order valence-corrected chi connectivity index (χ0v) is 78.2. The third-order valence-electron chi connectivity index (χ3n) is 22.2. The summed E-state index contributed by atoms with van der Waals surface area (Å²) in [5.74, 6) is 0. The summed E-state index contributed by atoms with van der Waals surface area (Å²) < 4.78 is 41.1. The standard InChI is InChI=1S/C30H23NOP.C27H17NOP.C27H17NPS.C18H15NO2P.4Ir/c1-30(2)24-13-4-7-16-28(24)33(32,29-17-8-5-14-25(29)30)23-12-9-11-22(20-23)27-19-18-21-10-3-6-15-26(21)31-27;29-30(26-11-5-3-9-23(26)24-10-4-6-12-27(24)30)22-15-13-19(14-16-22)25-17-20-7-1-2-8-21(20)18-28-25;30-29(25-11-5-3-9-23(25)24-10-4-6-12-26(24)29)21-15-13-20(14-16-21)27-22-8-2-1-7-19(22)17-18-28-27;1-2-8-17-14(5-1)9-10-19-18(17)15-6-3-7-16(13-15)22-20-11-4-12-21-22;;;;/h3-10,12-20H,1-2H3;2*1-13,15-18H;1-3,5,7-10,13H,4,11-12H2;;;;/q4*-1;;;;. The number of rotatable bonds is 8. The average molecular weight is 2340 g/mol. The van der Waals surface area contributed by atoms with Gasteiger partial charge in [-0.3, -0.25) is 4.98 Å². The molecule has 0 amide bonds. The van der Waals surface area contributed by atoms with Crippen molar-refractivity contribution in [2.75, 3.05) is 13.2 Å². The Morgan fingerprint density at radius 1 is 0.370 bits per heavy atom. The summed E-state index contributed by atoms with van der Waals surface area (Å²) in [5.41, 5.74) is 15.0. The first kappa shape index (κ1) is 84.8. The summed E-state index contributed by atoms with van der Waals surface area (Å²) in [7, 11) is -6.94. The quantitative estimate of drug-likeness (QED) is 0.109. The molecule has 8 heterocycles. The average Bonchev–Trinajstić information content (AvgIpc) is 1.69. The molecule has 0 N–H and O–H groups in total. The Bertz CT molecular complexity index is 6820. The van der Waals surface area contributed by atoms with Crippen LogP contribution in [0.1, 0.15) is 31.4 Å². The van der Waals surface area contributed by atoms with E-state index in [1.165, 1.54) is 37.8 Å². The Balaban J connectivity index is 0.000000124. The first-order valence-electron chi connectivity index (χ1n) is 38.4. The molecule has 1 saturated heterocycles. The van der Waals surface area contributed by atoms with E-state index < -0.39 is 28.7 Å². The van der Waals surface area contributed by atoms with Crippen LogP contribution >= 0.6 is 28.7 Å². The van der Waals surface area contributed by atoms with Crippen LogP contribution in [-0.4, -0.2) is 33.1 Å². The van der Waals surface area contributed by atoms with Crippen LogP contribution in [0.3, 0.4) is 0 Å². The second-order valence-corrected chi connectivity index (χ2v) is 40.5. The van der Waals surface area contributed by atoms with E-state index in [4.69, 9.17) is 25.8 Å². The zero-order valence-electron chi connectivity index (χ0n) is 64.2. The number of aromatic nitrogens is 4. The summed E-state index contributed by atoms with van der Waals surface area (Å²) in [6.45, 7) is 5.98. The third-order valence-corrected chi connectivity index (χ3v) is 35.0. The van der Waals surface area contributed by atoms with E-state index in [1.807, 2.05) is 201 Å². The molecule has 0 atom stereocenters. The second-order valence-electron chi connectivity index (χ2n) is 29.2. The van der Waals surface area contributed by atoms with E-state index in [0.717, 1.165) is 156 Å². The van der Waals surface area contributed by atoms with Crippen LogP contribution in [0.5, 0.6) is 0 Å². The normalized spacial score (nSPS) is 14.2. The molecule has 0 unspecified atom stereocenters. The molecule has 4 aliphatic rings. The predicted octanol–water partition coefficient (Wildman–Crippen LogP) is 20.8. The Morgan fingerprint density at radius 2 is 0.832 bits per heavy atom. The molecule has 4 radical (unpaired) electrons. The smallest absolute Gasteiger partial charge is 0.185 e. The molecule has 17 heteroatoms. The van der Waals surface area contributed by atoms with E-state index in [-0.39, 0.29) is 85.8 Å². The van der Waals surface area contributed by atoms with Crippen LogP contribution < -0.4 is 53.0 Å². The minimum Gasteiger partial charge on any atom is -0.332 e. The molecule has 18 aromatic rings. The van der Waals surface area contributed by atoms with E-state index in [9.17, 15) is 4.57 Å². The van der Waals surface area contributed by atoms with Gasteiger partial charge < -0.3 is 33.1 Å². The molecule has 0 spiro atoms. The molecule has 0 saturated carbocycles. The summed E-state index contributed by atoms with van der Waals surface area (Å²) in [6.07, 6.45) is 6.56. The van der Waals surface area contributed by atoms with Gasteiger partial charge in [0.25, 0.3) is 0 Å². The summed E-state index contributed by atoms with van der Waals surface area (Å²) in [5, 5.41) is 18.1. The van der Waals surface area contributed by atoms with Crippen molar-refractivity contribution in [3.05, 3.63) is 400 Å². The summed E-state index contributed by atoms with van der Waals surface area (Å²) in [4.78, 5) is 18.6. The minimum absolute atomic E-state index is 0. The number of hydrogen-bond acceptors (Lipinski definition) is 9. The van der Waals surface area contributed by atoms with E-state index in [2.05, 4.69) is 217 Å². The molecular weight excluding hydrogens is 2270 g/mol. The van der Waals surface area contributed by atoms with Gasteiger partial charge in [0.05, 0.1) is 18.7 Å². The number of fused-ring (bicyclic) bond motifs is 12. The Kier molecular flexibility index (Phi) is 25.8. The van der Waals surface area contributed by atoms with Crippen molar-refractivity contribution in [1.82, 2.24) is 19.9 Å². The topological polar surface area (TPSA) is 104 Å². The van der Waals surface area contributed by atoms with Crippen molar-refractivity contribution in [1.29, 1.82) is 0 Å². The van der Waals surface area contributed by atoms with Gasteiger partial charge in [0.1, 0.15) is 7.14 Å². The Labute approximate surface area is 753 Å². The van der Waals surface area contributed by atoms with Crippen LogP contribution in [0.2, 0.25) is 0 Å². The van der Waals surface area contributed by atoms with Crippen LogP contribution in [0.15, 0.2) is 364 Å². The van der Waals surface area contributed by atoms with Crippen LogP contribution in [0.4, 0.5) is 0 Å². The summed E-state index contributed by atoms with van der Waals surface area (Å²) >= 11 is 6.46. The van der Waals surface area contributed by atoms with Gasteiger partial charge in [-0.05, 0) is 129 Å². The van der Waals surface area contributed by atoms with Gasteiger partial charge in [-0.2, -0.15) is 0 Å². The molecular formula is C102H72Ir4N4O4P4S-4. The van der Waals surface area contributed by atoms with Crippen molar-refractivity contribution in [3.63, 3.8) is 0 Å².